The summed E-state index contributed by atoms with van der Waals surface area (Å²) in [6.07, 6.45) is 4.17. The molecule has 126 valence electrons. The summed E-state index contributed by atoms with van der Waals surface area (Å²) in [5.74, 6) is 0. The van der Waals surface area contributed by atoms with Crippen LogP contribution in [-0.4, -0.2) is 4.57 Å². The van der Waals surface area contributed by atoms with Crippen molar-refractivity contribution in [3.63, 3.8) is 0 Å². The zero-order valence-corrected chi connectivity index (χ0v) is 14.9. The second-order valence-electron chi connectivity index (χ2n) is 6.22. The first-order chi connectivity index (χ1) is 12.8. The molecule has 1 heterocycles. The van der Waals surface area contributed by atoms with E-state index in [9.17, 15) is 0 Å². The Morgan fingerprint density at radius 2 is 1.42 bits per heavy atom. The first-order valence-corrected chi connectivity index (χ1v) is 8.88. The Labute approximate surface area is 154 Å². The van der Waals surface area contributed by atoms with Gasteiger partial charge in [-0.2, -0.15) is 0 Å². The van der Waals surface area contributed by atoms with E-state index in [2.05, 4.69) is 109 Å². The first kappa shape index (κ1) is 16.2. The molecule has 0 atom stereocenters. The van der Waals surface area contributed by atoms with Crippen LogP contribution in [0, 0.1) is 0 Å². The third-order valence-corrected chi connectivity index (χ3v) is 4.76. The first-order valence-electron chi connectivity index (χ1n) is 8.88. The molecule has 0 N–H and O–H groups in total. The minimum absolute atomic E-state index is 1.15. The predicted molar refractivity (Wildman–Crippen MR) is 113 cm³/mol. The fraction of sp³-hybridized carbons (Fsp3) is 0.0400. The lowest BCUT2D eigenvalue weighted by atomic mass is 9.98. The maximum Gasteiger partial charge on any atom is 0.0615 e. The van der Waals surface area contributed by atoms with Gasteiger partial charge in [-0.05, 0) is 30.7 Å². The average molecular weight is 335 g/mol. The zero-order chi connectivity index (χ0) is 17.9. The molecule has 1 heteroatoms. The summed E-state index contributed by atoms with van der Waals surface area (Å²) in [6, 6.07) is 29.6. The Morgan fingerprint density at radius 3 is 2.08 bits per heavy atom. The standard InChI is InChI=1S/C25H21N/c1-3-21(19-13-7-5-8-14-19)25-22(4-2)23-17-11-12-18-24(23)26(25)20-15-9-6-10-16-20/h3-18H,2H2,1H3/b21-3-. The van der Waals surface area contributed by atoms with Gasteiger partial charge in [0, 0.05) is 22.2 Å². The molecule has 4 aromatic rings. The quantitative estimate of drug-likeness (QED) is 0.390. The van der Waals surface area contributed by atoms with Crippen molar-refractivity contribution in [3.8, 4) is 5.69 Å². The Balaban J connectivity index is 2.13. The van der Waals surface area contributed by atoms with Crippen LogP contribution in [0.1, 0.15) is 23.7 Å². The number of allylic oxidation sites excluding steroid dienone is 1. The second kappa shape index (κ2) is 6.89. The molecule has 0 unspecified atom stereocenters. The molecule has 0 aliphatic carbocycles. The van der Waals surface area contributed by atoms with E-state index in [-0.39, 0.29) is 0 Å². The number of aromatic nitrogens is 1. The highest BCUT2D eigenvalue weighted by atomic mass is 15.0. The number of hydrogen-bond acceptors (Lipinski definition) is 0. The minimum atomic E-state index is 1.15. The number of para-hydroxylation sites is 2. The van der Waals surface area contributed by atoms with Gasteiger partial charge in [0.1, 0.15) is 0 Å². The number of fused-ring (bicyclic) bond motifs is 1. The summed E-state index contributed by atoms with van der Waals surface area (Å²) in [5.41, 5.74) is 7.11. The van der Waals surface area contributed by atoms with Crippen molar-refractivity contribution >= 4 is 22.6 Å². The molecule has 0 aliphatic heterocycles. The molecule has 4 rings (SSSR count). The van der Waals surface area contributed by atoms with Gasteiger partial charge in [-0.3, -0.25) is 0 Å². The van der Waals surface area contributed by atoms with Gasteiger partial charge >= 0.3 is 0 Å². The zero-order valence-electron chi connectivity index (χ0n) is 14.9. The number of rotatable bonds is 4. The van der Waals surface area contributed by atoms with Gasteiger partial charge in [-0.15, -0.1) is 0 Å². The summed E-state index contributed by atoms with van der Waals surface area (Å²) in [6.45, 7) is 6.22. The van der Waals surface area contributed by atoms with Crippen LogP contribution in [0.5, 0.6) is 0 Å². The molecule has 0 amide bonds. The lowest BCUT2D eigenvalue weighted by molar-refractivity contribution is 1.09. The molecule has 0 fully saturated rings. The summed E-state index contributed by atoms with van der Waals surface area (Å²) in [5, 5.41) is 1.22. The Kier molecular flexibility index (Phi) is 4.28. The molecule has 1 aromatic heterocycles. The molecule has 0 saturated heterocycles. The summed E-state index contributed by atoms with van der Waals surface area (Å²) >= 11 is 0. The molecule has 0 spiro atoms. The van der Waals surface area contributed by atoms with Crippen molar-refractivity contribution < 1.29 is 0 Å². The normalized spacial score (nSPS) is 11.7. The highest BCUT2D eigenvalue weighted by molar-refractivity contribution is 5.99. The Hall–Kier alpha value is -3.32. The summed E-state index contributed by atoms with van der Waals surface area (Å²) in [7, 11) is 0. The van der Waals surface area contributed by atoms with E-state index >= 15 is 0 Å². The maximum absolute atomic E-state index is 4.12. The monoisotopic (exact) mass is 335 g/mol. The molecule has 0 radical (unpaired) electrons. The van der Waals surface area contributed by atoms with E-state index in [1.54, 1.807) is 0 Å². The lowest BCUT2D eigenvalue weighted by Gasteiger charge is -2.15. The SMILES string of the molecule is C=Cc1c(/C(=C\C)c2ccccc2)n(-c2ccccc2)c2ccccc12. The molecule has 26 heavy (non-hydrogen) atoms. The van der Waals surface area contributed by atoms with Crippen molar-refractivity contribution in [1.29, 1.82) is 0 Å². The summed E-state index contributed by atoms with van der Waals surface area (Å²) in [4.78, 5) is 0. The highest BCUT2D eigenvalue weighted by Gasteiger charge is 2.19. The lowest BCUT2D eigenvalue weighted by Crippen LogP contribution is -2.01. The fourth-order valence-corrected chi connectivity index (χ4v) is 3.64. The molecule has 3 aromatic carbocycles. The maximum atomic E-state index is 4.12. The number of nitrogens with zero attached hydrogens (tertiary/aromatic N) is 1. The molecular weight excluding hydrogens is 314 g/mol. The highest BCUT2D eigenvalue weighted by Crippen LogP contribution is 2.37. The van der Waals surface area contributed by atoms with Gasteiger partial charge in [-0.25, -0.2) is 0 Å². The number of hydrogen-bond donors (Lipinski definition) is 0. The summed E-state index contributed by atoms with van der Waals surface area (Å²) < 4.78 is 2.34. The van der Waals surface area contributed by atoms with Crippen LogP contribution in [0.15, 0.2) is 97.6 Å². The number of benzene rings is 3. The van der Waals surface area contributed by atoms with Crippen LogP contribution in [-0.2, 0) is 0 Å². The van der Waals surface area contributed by atoms with E-state index in [0.717, 1.165) is 5.69 Å². The largest absolute Gasteiger partial charge is 0.309 e. The average Bonchev–Trinajstić information content (AvgIpc) is 3.04. The molecule has 1 nitrogen and oxygen atoms in total. The van der Waals surface area contributed by atoms with Crippen molar-refractivity contribution in [2.45, 2.75) is 6.92 Å². The van der Waals surface area contributed by atoms with E-state index in [0.29, 0.717) is 0 Å². The van der Waals surface area contributed by atoms with Crippen molar-refractivity contribution in [3.05, 3.63) is 114 Å². The molecule has 0 aliphatic rings. The van der Waals surface area contributed by atoms with E-state index in [1.807, 2.05) is 6.08 Å². The predicted octanol–water partition coefficient (Wildman–Crippen LogP) is 6.73. The van der Waals surface area contributed by atoms with Gasteiger partial charge in [0.25, 0.3) is 0 Å². The van der Waals surface area contributed by atoms with Crippen LogP contribution < -0.4 is 0 Å². The minimum Gasteiger partial charge on any atom is -0.309 e. The van der Waals surface area contributed by atoms with Gasteiger partial charge < -0.3 is 4.57 Å². The molecule has 0 saturated carbocycles. The van der Waals surface area contributed by atoms with Gasteiger partial charge in [-0.1, -0.05) is 85.5 Å². The van der Waals surface area contributed by atoms with E-state index in [1.165, 1.54) is 33.3 Å². The Morgan fingerprint density at radius 1 is 0.808 bits per heavy atom. The third-order valence-electron chi connectivity index (χ3n) is 4.76. The molecular formula is C25H21N. The topological polar surface area (TPSA) is 4.93 Å². The van der Waals surface area contributed by atoms with E-state index < -0.39 is 0 Å². The van der Waals surface area contributed by atoms with Crippen molar-refractivity contribution in [2.75, 3.05) is 0 Å². The van der Waals surface area contributed by atoms with Crippen LogP contribution in [0.2, 0.25) is 0 Å². The molecule has 0 bridgehead atoms. The van der Waals surface area contributed by atoms with Crippen LogP contribution in [0.25, 0.3) is 28.2 Å². The third kappa shape index (κ3) is 2.58. The van der Waals surface area contributed by atoms with Crippen LogP contribution in [0.4, 0.5) is 0 Å². The fourth-order valence-electron chi connectivity index (χ4n) is 3.64. The van der Waals surface area contributed by atoms with Gasteiger partial charge in [0.2, 0.25) is 0 Å². The second-order valence-corrected chi connectivity index (χ2v) is 6.22. The Bertz CT molecular complexity index is 1080. The van der Waals surface area contributed by atoms with E-state index in [4.69, 9.17) is 0 Å². The smallest absolute Gasteiger partial charge is 0.0615 e. The van der Waals surface area contributed by atoms with Gasteiger partial charge in [0.05, 0.1) is 11.2 Å². The van der Waals surface area contributed by atoms with Crippen molar-refractivity contribution in [2.24, 2.45) is 0 Å². The van der Waals surface area contributed by atoms with Crippen LogP contribution >= 0.6 is 0 Å². The van der Waals surface area contributed by atoms with Crippen molar-refractivity contribution in [1.82, 2.24) is 4.57 Å². The van der Waals surface area contributed by atoms with Crippen LogP contribution in [0.3, 0.4) is 0 Å². The van der Waals surface area contributed by atoms with Gasteiger partial charge in [0.15, 0.2) is 0 Å².